The Hall–Kier alpha value is -3.62. The fourth-order valence-electron chi connectivity index (χ4n) is 2.50. The summed E-state index contributed by atoms with van der Waals surface area (Å²) in [5.41, 5.74) is 2.12. The number of nitrogens with zero attached hydrogens (tertiary/aromatic N) is 3. The number of carbonyl (C=O) groups is 1. The predicted octanol–water partition coefficient (Wildman–Crippen LogP) is 2.77. The summed E-state index contributed by atoms with van der Waals surface area (Å²) in [7, 11) is 1.76. The zero-order valence-corrected chi connectivity index (χ0v) is 18.2. The molecule has 0 fully saturated rings. The van der Waals surface area contributed by atoms with E-state index in [1.165, 1.54) is 0 Å². The van der Waals surface area contributed by atoms with Crippen LogP contribution < -0.4 is 21.3 Å². The monoisotopic (exact) mass is 419 g/mol. The lowest BCUT2D eigenvalue weighted by Crippen LogP contribution is -2.40. The van der Waals surface area contributed by atoms with Crippen LogP contribution in [0.2, 0.25) is 0 Å². The number of carbonyl (C=O) groups excluding carboxylic acids is 1. The van der Waals surface area contributed by atoms with E-state index < -0.39 is 0 Å². The highest BCUT2D eigenvalue weighted by Crippen LogP contribution is 2.17. The number of aromatic nitrogens is 2. The highest BCUT2D eigenvalue weighted by molar-refractivity contribution is 5.81. The molecule has 2 aromatic rings. The molecule has 8 heteroatoms. The maximum Gasteiger partial charge on any atom is 0.236 e. The van der Waals surface area contributed by atoms with Gasteiger partial charge in [-0.3, -0.25) is 4.79 Å². The molecule has 8 nitrogen and oxygen atoms in total. The number of nitrogens with one attached hydrogen (secondary N) is 4. The lowest BCUT2D eigenvalue weighted by molar-refractivity contribution is -0.122. The van der Waals surface area contributed by atoms with Crippen molar-refractivity contribution in [2.24, 2.45) is 0 Å². The number of amides is 1. The summed E-state index contributed by atoms with van der Waals surface area (Å²) in [6.45, 7) is 5.26. The average Bonchev–Trinajstić information content (AvgIpc) is 2.80. The fourth-order valence-corrected chi connectivity index (χ4v) is 2.50. The lowest BCUT2D eigenvalue weighted by Gasteiger charge is -2.10. The number of hydrogen-bond acceptors (Lipinski definition) is 7. The number of nitriles is 1. The van der Waals surface area contributed by atoms with Crippen molar-refractivity contribution in [1.82, 2.24) is 20.6 Å². The molecule has 1 amide bonds. The molecule has 0 saturated heterocycles. The van der Waals surface area contributed by atoms with Gasteiger partial charge in [0.1, 0.15) is 5.82 Å². The molecule has 0 radical (unpaired) electrons. The minimum Gasteiger partial charge on any atom is -0.369 e. The normalized spacial score (nSPS) is 10.9. The lowest BCUT2D eigenvalue weighted by atomic mass is 10.2. The Labute approximate surface area is 183 Å². The Kier molecular flexibility index (Phi) is 9.80. The summed E-state index contributed by atoms with van der Waals surface area (Å²) in [6, 6.07) is 8.99. The van der Waals surface area contributed by atoms with Crippen LogP contribution in [0.4, 0.5) is 17.5 Å². The van der Waals surface area contributed by atoms with Gasteiger partial charge in [-0.05, 0) is 51.1 Å². The minimum absolute atomic E-state index is 0.0136. The van der Waals surface area contributed by atoms with Crippen molar-refractivity contribution in [1.29, 1.82) is 5.26 Å². The van der Waals surface area contributed by atoms with E-state index in [1.807, 2.05) is 19.1 Å². The molecule has 0 aliphatic rings. The van der Waals surface area contributed by atoms with Gasteiger partial charge in [0.25, 0.3) is 0 Å². The summed E-state index contributed by atoms with van der Waals surface area (Å²) < 4.78 is 0. The largest absolute Gasteiger partial charge is 0.369 e. The van der Waals surface area contributed by atoms with Crippen LogP contribution >= 0.6 is 0 Å². The van der Waals surface area contributed by atoms with Crippen molar-refractivity contribution in [3.05, 3.63) is 41.6 Å². The van der Waals surface area contributed by atoms with Gasteiger partial charge < -0.3 is 21.3 Å². The van der Waals surface area contributed by atoms with E-state index >= 15 is 0 Å². The van der Waals surface area contributed by atoms with Crippen LogP contribution in [0.3, 0.4) is 0 Å². The molecule has 0 bridgehead atoms. The molecule has 1 heterocycles. The molecule has 1 aromatic carbocycles. The van der Waals surface area contributed by atoms with Gasteiger partial charge in [-0.2, -0.15) is 10.2 Å². The van der Waals surface area contributed by atoms with Crippen LogP contribution in [0.25, 0.3) is 0 Å². The first-order chi connectivity index (χ1) is 15.1. The second kappa shape index (κ2) is 12.8. The van der Waals surface area contributed by atoms with E-state index in [-0.39, 0.29) is 11.9 Å². The first-order valence-corrected chi connectivity index (χ1v) is 10.4. The predicted molar refractivity (Wildman–Crippen MR) is 123 cm³/mol. The van der Waals surface area contributed by atoms with Gasteiger partial charge in [0.15, 0.2) is 0 Å². The van der Waals surface area contributed by atoms with Gasteiger partial charge >= 0.3 is 0 Å². The minimum atomic E-state index is -0.202. The zero-order valence-electron chi connectivity index (χ0n) is 18.2. The Morgan fingerprint density at radius 2 is 2.00 bits per heavy atom. The molecule has 0 spiro atoms. The fraction of sp³-hybridized carbons (Fsp3) is 0.391. The van der Waals surface area contributed by atoms with E-state index in [4.69, 9.17) is 5.26 Å². The SMILES string of the molecule is CCCNc1nc(Nc2ccc(C#N)cc2)ncc1C#CCCCNC(=O)[C@H](C)NC. The third-order valence-corrected chi connectivity index (χ3v) is 4.43. The van der Waals surface area contributed by atoms with Crippen molar-refractivity contribution in [2.45, 2.75) is 39.2 Å². The molecule has 0 aliphatic carbocycles. The van der Waals surface area contributed by atoms with E-state index in [1.54, 1.807) is 25.4 Å². The number of unbranched alkanes of at least 4 members (excludes halogenated alkanes) is 1. The molecule has 0 unspecified atom stereocenters. The molecule has 162 valence electrons. The Morgan fingerprint density at radius 1 is 1.23 bits per heavy atom. The van der Waals surface area contributed by atoms with Crippen LogP contribution in [-0.2, 0) is 4.79 Å². The van der Waals surface area contributed by atoms with Gasteiger partial charge in [0, 0.05) is 25.2 Å². The van der Waals surface area contributed by atoms with Crippen molar-refractivity contribution >= 4 is 23.4 Å². The van der Waals surface area contributed by atoms with Gasteiger partial charge in [-0.1, -0.05) is 18.8 Å². The zero-order chi connectivity index (χ0) is 22.5. The number of anilines is 3. The molecule has 0 saturated carbocycles. The Bertz CT molecular complexity index is 955. The highest BCUT2D eigenvalue weighted by Gasteiger charge is 2.08. The second-order valence-corrected chi connectivity index (χ2v) is 6.90. The maximum atomic E-state index is 11.7. The first-order valence-electron chi connectivity index (χ1n) is 10.4. The summed E-state index contributed by atoms with van der Waals surface area (Å²) in [6.07, 6.45) is 4.08. The Morgan fingerprint density at radius 3 is 2.68 bits per heavy atom. The summed E-state index contributed by atoms with van der Waals surface area (Å²) in [5, 5.41) is 21.1. The van der Waals surface area contributed by atoms with Crippen molar-refractivity contribution in [3.63, 3.8) is 0 Å². The summed E-state index contributed by atoms with van der Waals surface area (Å²) in [4.78, 5) is 20.6. The van der Waals surface area contributed by atoms with Gasteiger partial charge in [-0.15, -0.1) is 0 Å². The number of hydrogen-bond donors (Lipinski definition) is 4. The smallest absolute Gasteiger partial charge is 0.236 e. The molecule has 1 atom stereocenters. The van der Waals surface area contributed by atoms with E-state index in [9.17, 15) is 4.79 Å². The molecule has 2 rings (SSSR count). The van der Waals surface area contributed by atoms with Crippen LogP contribution in [0.15, 0.2) is 30.5 Å². The number of benzene rings is 1. The van der Waals surface area contributed by atoms with E-state index in [0.29, 0.717) is 30.3 Å². The molecule has 1 aromatic heterocycles. The van der Waals surface area contributed by atoms with E-state index in [2.05, 4.69) is 56.1 Å². The molecule has 4 N–H and O–H groups in total. The standard InChI is InChI=1S/C23H29N7O/c1-4-13-26-21-19(8-6-5-7-14-27-22(31)17(2)25-3)16-28-23(30-21)29-20-11-9-18(15-24)10-12-20/h9-12,16-17,25H,4-5,7,13-14H2,1-3H3,(H,27,31)(H2,26,28,29,30)/t17-/m0/s1. The first kappa shape index (κ1) is 23.7. The van der Waals surface area contributed by atoms with Gasteiger partial charge in [0.2, 0.25) is 11.9 Å². The van der Waals surface area contributed by atoms with Crippen molar-refractivity contribution in [2.75, 3.05) is 30.8 Å². The summed E-state index contributed by atoms with van der Waals surface area (Å²) >= 11 is 0. The molecular weight excluding hydrogens is 390 g/mol. The number of rotatable bonds is 10. The van der Waals surface area contributed by atoms with Crippen molar-refractivity contribution in [3.8, 4) is 17.9 Å². The van der Waals surface area contributed by atoms with E-state index in [0.717, 1.165) is 30.6 Å². The highest BCUT2D eigenvalue weighted by atomic mass is 16.2. The van der Waals surface area contributed by atoms with Crippen LogP contribution in [-0.4, -0.2) is 42.1 Å². The van der Waals surface area contributed by atoms with Crippen molar-refractivity contribution < 1.29 is 4.79 Å². The topological polar surface area (TPSA) is 115 Å². The third kappa shape index (κ3) is 7.96. The number of likely N-dealkylation sites (N-methyl/N-ethyl adjacent to an activating group) is 1. The van der Waals surface area contributed by atoms with Gasteiger partial charge in [-0.25, -0.2) is 4.98 Å². The van der Waals surface area contributed by atoms with Crippen LogP contribution in [0.5, 0.6) is 0 Å². The quantitative estimate of drug-likeness (QED) is 0.346. The molecular formula is C23H29N7O. The summed E-state index contributed by atoms with van der Waals surface area (Å²) in [5.74, 6) is 7.37. The Balaban J connectivity index is 1.98. The molecule has 0 aliphatic heterocycles. The van der Waals surface area contributed by atoms with Crippen LogP contribution in [0.1, 0.15) is 44.2 Å². The second-order valence-electron chi connectivity index (χ2n) is 6.90. The molecule has 31 heavy (non-hydrogen) atoms. The maximum absolute atomic E-state index is 11.7. The average molecular weight is 420 g/mol. The van der Waals surface area contributed by atoms with Crippen LogP contribution in [0, 0.1) is 23.2 Å². The van der Waals surface area contributed by atoms with Gasteiger partial charge in [0.05, 0.1) is 29.4 Å². The third-order valence-electron chi connectivity index (χ3n) is 4.43.